The van der Waals surface area contributed by atoms with Crippen molar-refractivity contribution in [3.05, 3.63) is 41.2 Å². The normalized spacial score (nSPS) is 23.1. The van der Waals surface area contributed by atoms with Crippen LogP contribution in [0, 0.1) is 5.41 Å². The van der Waals surface area contributed by atoms with Crippen LogP contribution in [0.2, 0.25) is 0 Å². The highest BCUT2D eigenvalue weighted by molar-refractivity contribution is 6.01. The van der Waals surface area contributed by atoms with Gasteiger partial charge in [0.25, 0.3) is 5.91 Å². The molecule has 0 bridgehead atoms. The topological polar surface area (TPSA) is 97.3 Å². The lowest BCUT2D eigenvalue weighted by Gasteiger charge is -2.30. The van der Waals surface area contributed by atoms with Crippen molar-refractivity contribution in [3.8, 4) is 11.1 Å². The molecule has 2 aliphatic rings. The Balaban J connectivity index is 1.73. The third kappa shape index (κ3) is 3.88. The van der Waals surface area contributed by atoms with Gasteiger partial charge in [-0.3, -0.25) is 9.59 Å². The number of aryl methyl sites for hydroxylation is 1. The van der Waals surface area contributed by atoms with E-state index in [9.17, 15) is 14.7 Å². The molecule has 30 heavy (non-hydrogen) atoms. The average Bonchev–Trinajstić information content (AvgIpc) is 2.98. The molecule has 0 unspecified atom stereocenters. The fourth-order valence-corrected chi connectivity index (χ4v) is 5.01. The summed E-state index contributed by atoms with van der Waals surface area (Å²) in [5.41, 5.74) is 10.6. The van der Waals surface area contributed by atoms with Gasteiger partial charge in [-0.2, -0.15) is 0 Å². The van der Waals surface area contributed by atoms with Crippen LogP contribution in [0.25, 0.3) is 11.1 Å². The van der Waals surface area contributed by atoms with E-state index in [2.05, 4.69) is 19.2 Å². The van der Waals surface area contributed by atoms with Gasteiger partial charge < -0.3 is 20.7 Å². The predicted octanol–water partition coefficient (Wildman–Crippen LogP) is 3.66. The van der Waals surface area contributed by atoms with Crippen molar-refractivity contribution in [1.29, 1.82) is 0 Å². The Hall–Kier alpha value is -2.60. The number of hydrogen-bond donors (Lipinski definition) is 3. The number of Topliss-reactive ketones (excluding diaryl/α,β-unsaturated/α-hetero) is 1. The van der Waals surface area contributed by atoms with Crippen molar-refractivity contribution in [2.75, 3.05) is 5.32 Å². The summed E-state index contributed by atoms with van der Waals surface area (Å²) in [5.74, 6) is -0.283. The van der Waals surface area contributed by atoms with Crippen LogP contribution in [-0.2, 0) is 13.5 Å². The van der Waals surface area contributed by atoms with Gasteiger partial charge in [0.2, 0.25) is 0 Å². The molecule has 2 aromatic rings. The number of hydrogen-bond acceptors (Lipinski definition) is 4. The van der Waals surface area contributed by atoms with Crippen LogP contribution >= 0.6 is 0 Å². The van der Waals surface area contributed by atoms with Crippen LogP contribution in [0.5, 0.6) is 0 Å². The van der Waals surface area contributed by atoms with Crippen LogP contribution in [0.3, 0.4) is 0 Å². The Morgan fingerprint density at radius 3 is 2.57 bits per heavy atom. The zero-order valence-corrected chi connectivity index (χ0v) is 18.0. The number of aliphatic hydroxyl groups excluding tert-OH is 1. The first-order valence-electron chi connectivity index (χ1n) is 10.7. The second kappa shape index (κ2) is 7.58. The first-order chi connectivity index (χ1) is 14.1. The van der Waals surface area contributed by atoms with Gasteiger partial charge in [0.05, 0.1) is 17.4 Å². The summed E-state index contributed by atoms with van der Waals surface area (Å²) in [5, 5.41) is 13.3. The summed E-state index contributed by atoms with van der Waals surface area (Å²) in [6.45, 7) is 4.26. The minimum Gasteiger partial charge on any atom is -0.393 e. The van der Waals surface area contributed by atoms with Crippen molar-refractivity contribution in [3.63, 3.8) is 0 Å². The number of nitrogens with one attached hydrogen (secondary N) is 1. The highest BCUT2D eigenvalue weighted by atomic mass is 16.3. The van der Waals surface area contributed by atoms with Crippen LogP contribution < -0.4 is 11.1 Å². The Morgan fingerprint density at radius 2 is 1.90 bits per heavy atom. The Kier molecular flexibility index (Phi) is 5.22. The van der Waals surface area contributed by atoms with Gasteiger partial charge in [-0.1, -0.05) is 19.9 Å². The molecule has 1 heterocycles. The summed E-state index contributed by atoms with van der Waals surface area (Å²) in [6, 6.07) is 5.86. The number of aliphatic hydroxyl groups is 1. The van der Waals surface area contributed by atoms with Crippen molar-refractivity contribution in [2.24, 2.45) is 18.2 Å². The van der Waals surface area contributed by atoms with E-state index >= 15 is 0 Å². The molecule has 1 amide bonds. The van der Waals surface area contributed by atoms with Gasteiger partial charge in [0.1, 0.15) is 0 Å². The molecule has 6 heteroatoms. The number of fused-ring (bicyclic) bond motifs is 1. The number of ketones is 1. The van der Waals surface area contributed by atoms with E-state index in [0.717, 1.165) is 60.2 Å². The lowest BCUT2D eigenvalue weighted by Crippen LogP contribution is -2.29. The first kappa shape index (κ1) is 20.7. The molecule has 0 atom stereocenters. The second-order valence-corrected chi connectivity index (χ2v) is 9.70. The number of primary amides is 1. The molecule has 6 nitrogen and oxygen atoms in total. The fourth-order valence-electron chi connectivity index (χ4n) is 5.01. The zero-order chi connectivity index (χ0) is 21.6. The molecule has 160 valence electrons. The van der Waals surface area contributed by atoms with Crippen molar-refractivity contribution in [2.45, 2.75) is 64.5 Å². The minimum absolute atomic E-state index is 0.0721. The summed E-state index contributed by atoms with van der Waals surface area (Å²) in [6.07, 6.45) is 6.40. The molecule has 1 aromatic heterocycles. The van der Waals surface area contributed by atoms with E-state index in [1.54, 1.807) is 6.07 Å². The number of aromatic nitrogens is 1. The largest absolute Gasteiger partial charge is 0.393 e. The molecule has 0 aliphatic heterocycles. The van der Waals surface area contributed by atoms with Gasteiger partial charge in [0.15, 0.2) is 5.78 Å². The Morgan fingerprint density at radius 1 is 1.20 bits per heavy atom. The third-order valence-electron chi connectivity index (χ3n) is 6.50. The molecule has 2 aliphatic carbocycles. The average molecular weight is 410 g/mol. The van der Waals surface area contributed by atoms with Gasteiger partial charge in [-0.15, -0.1) is 0 Å². The third-order valence-corrected chi connectivity index (χ3v) is 6.50. The van der Waals surface area contributed by atoms with Crippen LogP contribution in [0.15, 0.2) is 24.4 Å². The number of amides is 1. The van der Waals surface area contributed by atoms with Crippen LogP contribution in [0.1, 0.15) is 72.4 Å². The molecule has 0 spiro atoms. The van der Waals surface area contributed by atoms with Crippen LogP contribution in [0.4, 0.5) is 5.69 Å². The lowest BCUT2D eigenvalue weighted by molar-refractivity contribution is 0.0902. The van der Waals surface area contributed by atoms with E-state index in [-0.39, 0.29) is 23.3 Å². The number of anilines is 1. The SMILES string of the molecule is Cn1cc(-c2ccc(C(N)=O)c(NC3CCC(O)CC3)c2)c2c1C(=O)CC(C)(C)C2. The molecule has 0 radical (unpaired) electrons. The Labute approximate surface area is 177 Å². The van der Waals surface area contributed by atoms with E-state index in [4.69, 9.17) is 5.73 Å². The molecule has 4 N–H and O–H groups in total. The molecular formula is C24H31N3O3. The quantitative estimate of drug-likeness (QED) is 0.718. The standard InChI is InChI=1S/C24H31N3O3/c1-24(2)11-18-19(13-27(3)22(18)21(29)12-24)14-4-9-17(23(25)30)20(10-14)26-15-5-7-16(28)8-6-15/h4,9-10,13,15-16,26,28H,5-8,11-12H2,1-3H3,(H2,25,30). The maximum Gasteiger partial charge on any atom is 0.250 e. The maximum atomic E-state index is 12.8. The van der Waals surface area contributed by atoms with Gasteiger partial charge >= 0.3 is 0 Å². The van der Waals surface area contributed by atoms with Gasteiger partial charge in [0, 0.05) is 37.0 Å². The van der Waals surface area contributed by atoms with E-state index in [1.807, 2.05) is 29.9 Å². The number of carbonyl (C=O) groups excluding carboxylic acids is 2. The number of nitrogens with zero attached hydrogens (tertiary/aromatic N) is 1. The van der Waals surface area contributed by atoms with Crippen molar-refractivity contribution < 1.29 is 14.7 Å². The highest BCUT2D eigenvalue weighted by Gasteiger charge is 2.35. The number of benzene rings is 1. The number of carbonyl (C=O) groups is 2. The van der Waals surface area contributed by atoms with E-state index in [0.29, 0.717) is 12.0 Å². The van der Waals surface area contributed by atoms with Crippen molar-refractivity contribution >= 4 is 17.4 Å². The number of nitrogens with two attached hydrogens (primary N) is 1. The second-order valence-electron chi connectivity index (χ2n) is 9.70. The van der Waals surface area contributed by atoms with Crippen molar-refractivity contribution in [1.82, 2.24) is 4.57 Å². The predicted molar refractivity (Wildman–Crippen MR) is 118 cm³/mol. The van der Waals surface area contributed by atoms with Gasteiger partial charge in [-0.25, -0.2) is 0 Å². The molecule has 4 rings (SSSR count). The Bertz CT molecular complexity index is 997. The summed E-state index contributed by atoms with van der Waals surface area (Å²) in [4.78, 5) is 24.8. The first-order valence-corrected chi connectivity index (χ1v) is 10.7. The van der Waals surface area contributed by atoms with Gasteiger partial charge in [-0.05, 0) is 60.8 Å². The molecule has 1 fully saturated rings. The summed E-state index contributed by atoms with van der Waals surface area (Å²) < 4.78 is 1.93. The minimum atomic E-state index is -0.466. The molecule has 1 aromatic carbocycles. The fraction of sp³-hybridized carbons (Fsp3) is 0.500. The molecule has 0 saturated heterocycles. The highest BCUT2D eigenvalue weighted by Crippen LogP contribution is 2.41. The lowest BCUT2D eigenvalue weighted by atomic mass is 9.74. The number of rotatable bonds is 4. The molecular weight excluding hydrogens is 378 g/mol. The molecule has 1 saturated carbocycles. The van der Waals surface area contributed by atoms with Crippen LogP contribution in [-0.4, -0.2) is 33.5 Å². The smallest absolute Gasteiger partial charge is 0.250 e. The van der Waals surface area contributed by atoms with E-state index < -0.39 is 5.91 Å². The summed E-state index contributed by atoms with van der Waals surface area (Å²) >= 11 is 0. The van der Waals surface area contributed by atoms with E-state index in [1.165, 1.54) is 0 Å². The zero-order valence-electron chi connectivity index (χ0n) is 18.0. The summed E-state index contributed by atoms with van der Waals surface area (Å²) in [7, 11) is 1.92. The maximum absolute atomic E-state index is 12.8. The monoisotopic (exact) mass is 409 g/mol.